The van der Waals surface area contributed by atoms with Gasteiger partial charge in [-0.2, -0.15) is 0 Å². The molecule has 1 fully saturated rings. The number of nitrogens with zero attached hydrogens (tertiary/aromatic N) is 2. The summed E-state index contributed by atoms with van der Waals surface area (Å²) >= 11 is 5.86. The zero-order chi connectivity index (χ0) is 10.8. The lowest BCUT2D eigenvalue weighted by molar-refractivity contribution is 0.664. The van der Waals surface area contributed by atoms with Crippen molar-refractivity contribution in [3.8, 4) is 0 Å². The van der Waals surface area contributed by atoms with E-state index in [4.69, 9.17) is 11.6 Å². The van der Waals surface area contributed by atoms with Crippen LogP contribution in [0.25, 0.3) is 0 Å². The number of rotatable bonds is 2. The standard InChI is InChI=1S/C9H12ClN3OS/c1-6-4-12-9(13-8(6)10)15(14)7-2-3-11-5-7/h4,7,11H,2-3,5H2,1H3/t7-,15+/m1/s1. The van der Waals surface area contributed by atoms with Crippen molar-refractivity contribution in [1.82, 2.24) is 15.3 Å². The van der Waals surface area contributed by atoms with Crippen LogP contribution in [0.1, 0.15) is 12.0 Å². The molecule has 0 bridgehead atoms. The fourth-order valence-corrected chi connectivity index (χ4v) is 2.88. The molecule has 2 rings (SSSR count). The molecule has 0 saturated carbocycles. The number of aryl methyl sites for hydroxylation is 1. The molecule has 0 aromatic carbocycles. The number of aromatic nitrogens is 2. The minimum absolute atomic E-state index is 0.115. The van der Waals surface area contributed by atoms with E-state index in [1.807, 2.05) is 6.92 Å². The summed E-state index contributed by atoms with van der Waals surface area (Å²) in [6.07, 6.45) is 2.52. The molecule has 1 aromatic heterocycles. The van der Waals surface area contributed by atoms with Gasteiger partial charge in [-0.1, -0.05) is 11.6 Å². The smallest absolute Gasteiger partial charge is 0.220 e. The van der Waals surface area contributed by atoms with Gasteiger partial charge in [0.1, 0.15) is 5.15 Å². The normalized spacial score (nSPS) is 22.9. The van der Waals surface area contributed by atoms with Gasteiger partial charge in [0.2, 0.25) is 5.16 Å². The number of hydrogen-bond donors (Lipinski definition) is 1. The van der Waals surface area contributed by atoms with Crippen molar-refractivity contribution in [3.05, 3.63) is 16.9 Å². The average Bonchev–Trinajstić information content (AvgIpc) is 2.74. The highest BCUT2D eigenvalue weighted by Gasteiger charge is 2.24. The Labute approximate surface area is 95.9 Å². The highest BCUT2D eigenvalue weighted by molar-refractivity contribution is 7.85. The molecular formula is C9H12ClN3OS. The Kier molecular flexibility index (Phi) is 3.33. The third kappa shape index (κ3) is 2.35. The van der Waals surface area contributed by atoms with Gasteiger partial charge in [0, 0.05) is 18.3 Å². The van der Waals surface area contributed by atoms with E-state index in [9.17, 15) is 4.21 Å². The highest BCUT2D eigenvalue weighted by atomic mass is 35.5. The maximum atomic E-state index is 12.0. The first-order chi connectivity index (χ1) is 7.18. The molecule has 15 heavy (non-hydrogen) atoms. The zero-order valence-corrected chi connectivity index (χ0v) is 9.94. The van der Waals surface area contributed by atoms with Gasteiger partial charge < -0.3 is 5.32 Å². The summed E-state index contributed by atoms with van der Waals surface area (Å²) in [4.78, 5) is 8.10. The maximum absolute atomic E-state index is 12.0. The molecule has 1 aromatic rings. The van der Waals surface area contributed by atoms with Crippen molar-refractivity contribution in [2.24, 2.45) is 0 Å². The molecule has 1 saturated heterocycles. The van der Waals surface area contributed by atoms with Crippen molar-refractivity contribution in [2.45, 2.75) is 23.8 Å². The Hall–Kier alpha value is -0.520. The lowest BCUT2D eigenvalue weighted by Crippen LogP contribution is -2.20. The van der Waals surface area contributed by atoms with E-state index in [1.54, 1.807) is 6.20 Å². The van der Waals surface area contributed by atoms with E-state index in [1.165, 1.54) is 0 Å². The number of hydrogen-bond acceptors (Lipinski definition) is 4. The number of halogens is 1. The quantitative estimate of drug-likeness (QED) is 0.622. The van der Waals surface area contributed by atoms with E-state index in [0.29, 0.717) is 10.3 Å². The SMILES string of the molecule is Cc1cnc([S@@](=O)[C@@H]2CCNC2)nc1Cl. The van der Waals surface area contributed by atoms with Crippen LogP contribution in [0.3, 0.4) is 0 Å². The lowest BCUT2D eigenvalue weighted by atomic mass is 10.4. The Morgan fingerprint density at radius 1 is 1.67 bits per heavy atom. The summed E-state index contributed by atoms with van der Waals surface area (Å²) < 4.78 is 12.0. The molecule has 1 aliphatic heterocycles. The minimum atomic E-state index is -1.15. The fourth-order valence-electron chi connectivity index (χ4n) is 1.46. The molecule has 1 aliphatic rings. The molecule has 1 N–H and O–H groups in total. The van der Waals surface area contributed by atoms with Crippen LogP contribution in [0.15, 0.2) is 11.4 Å². The van der Waals surface area contributed by atoms with E-state index in [2.05, 4.69) is 15.3 Å². The monoisotopic (exact) mass is 245 g/mol. The molecule has 6 heteroatoms. The van der Waals surface area contributed by atoms with Crippen LogP contribution in [0.4, 0.5) is 0 Å². The maximum Gasteiger partial charge on any atom is 0.220 e. The van der Waals surface area contributed by atoms with Crippen LogP contribution in [-0.2, 0) is 10.8 Å². The molecule has 82 valence electrons. The van der Waals surface area contributed by atoms with Crippen LogP contribution in [-0.4, -0.2) is 32.5 Å². The largest absolute Gasteiger partial charge is 0.315 e. The first kappa shape index (κ1) is 11.0. The van der Waals surface area contributed by atoms with Crippen molar-refractivity contribution in [1.29, 1.82) is 0 Å². The van der Waals surface area contributed by atoms with Gasteiger partial charge in [-0.15, -0.1) is 0 Å². The van der Waals surface area contributed by atoms with Crippen LogP contribution in [0, 0.1) is 6.92 Å². The summed E-state index contributed by atoms with van der Waals surface area (Å²) in [6.45, 7) is 3.50. The Balaban J connectivity index is 2.21. The molecule has 4 nitrogen and oxygen atoms in total. The van der Waals surface area contributed by atoms with E-state index < -0.39 is 10.8 Å². The van der Waals surface area contributed by atoms with Crippen molar-refractivity contribution in [3.63, 3.8) is 0 Å². The second-order valence-electron chi connectivity index (χ2n) is 3.54. The topological polar surface area (TPSA) is 54.9 Å². The third-order valence-electron chi connectivity index (χ3n) is 2.39. The molecule has 0 amide bonds. The van der Waals surface area contributed by atoms with Gasteiger partial charge in [-0.05, 0) is 19.9 Å². The molecule has 0 aliphatic carbocycles. The van der Waals surface area contributed by atoms with Gasteiger partial charge in [-0.25, -0.2) is 9.97 Å². The first-order valence-corrected chi connectivity index (χ1v) is 6.38. The molecule has 0 radical (unpaired) electrons. The zero-order valence-electron chi connectivity index (χ0n) is 8.36. The Bertz CT molecular complexity index is 393. The van der Waals surface area contributed by atoms with Gasteiger partial charge in [0.15, 0.2) is 0 Å². The second kappa shape index (κ2) is 4.55. The van der Waals surface area contributed by atoms with E-state index in [0.717, 1.165) is 25.1 Å². The number of nitrogens with one attached hydrogen (secondary N) is 1. The predicted molar refractivity (Wildman–Crippen MR) is 59.5 cm³/mol. The molecular weight excluding hydrogens is 234 g/mol. The van der Waals surface area contributed by atoms with Crippen LogP contribution in [0.5, 0.6) is 0 Å². The molecule has 2 atom stereocenters. The van der Waals surface area contributed by atoms with Gasteiger partial charge in [0.05, 0.1) is 16.0 Å². The third-order valence-corrected chi connectivity index (χ3v) is 4.33. The fraction of sp³-hybridized carbons (Fsp3) is 0.556. The van der Waals surface area contributed by atoms with Crippen molar-refractivity contribution in [2.75, 3.05) is 13.1 Å². The van der Waals surface area contributed by atoms with Crippen LogP contribution < -0.4 is 5.32 Å². The van der Waals surface area contributed by atoms with Crippen LogP contribution in [0.2, 0.25) is 5.15 Å². The molecule has 2 heterocycles. The van der Waals surface area contributed by atoms with Crippen LogP contribution >= 0.6 is 11.6 Å². The summed E-state index contributed by atoms with van der Waals surface area (Å²) in [5.41, 5.74) is 0.807. The second-order valence-corrected chi connectivity index (χ2v) is 5.52. The minimum Gasteiger partial charge on any atom is -0.315 e. The molecule has 0 spiro atoms. The van der Waals surface area contributed by atoms with Crippen molar-refractivity contribution < 1.29 is 4.21 Å². The van der Waals surface area contributed by atoms with Gasteiger partial charge in [0.25, 0.3) is 0 Å². The Morgan fingerprint density at radius 3 is 3.07 bits per heavy atom. The summed E-state index contributed by atoms with van der Waals surface area (Å²) in [5.74, 6) is 0. The van der Waals surface area contributed by atoms with E-state index in [-0.39, 0.29) is 5.25 Å². The lowest BCUT2D eigenvalue weighted by Gasteiger charge is -2.07. The highest BCUT2D eigenvalue weighted by Crippen LogP contribution is 2.16. The molecule has 0 unspecified atom stereocenters. The summed E-state index contributed by atoms with van der Waals surface area (Å²) in [5, 5.41) is 4.02. The predicted octanol–water partition coefficient (Wildman–Crippen LogP) is 0.908. The Morgan fingerprint density at radius 2 is 2.47 bits per heavy atom. The average molecular weight is 246 g/mol. The van der Waals surface area contributed by atoms with Gasteiger partial charge in [-0.3, -0.25) is 4.21 Å². The van der Waals surface area contributed by atoms with E-state index >= 15 is 0 Å². The van der Waals surface area contributed by atoms with Crippen molar-refractivity contribution >= 4 is 22.4 Å². The summed E-state index contributed by atoms with van der Waals surface area (Å²) in [6, 6.07) is 0. The first-order valence-electron chi connectivity index (χ1n) is 4.79. The summed E-state index contributed by atoms with van der Waals surface area (Å²) in [7, 11) is -1.15. The van der Waals surface area contributed by atoms with Gasteiger partial charge >= 0.3 is 0 Å².